The third-order valence-corrected chi connectivity index (χ3v) is 9.31. The molecule has 4 aromatic rings. The molecule has 2 saturated heterocycles. The number of rotatable bonds is 10. The van der Waals surface area contributed by atoms with Crippen molar-refractivity contribution in [2.75, 3.05) is 32.7 Å². The number of piperazine rings is 1. The van der Waals surface area contributed by atoms with Crippen LogP contribution in [-0.4, -0.2) is 59.6 Å². The lowest BCUT2D eigenvalue weighted by Gasteiger charge is -2.44. The fourth-order valence-corrected chi connectivity index (χ4v) is 6.55. The van der Waals surface area contributed by atoms with Gasteiger partial charge in [-0.2, -0.15) is 0 Å². The van der Waals surface area contributed by atoms with Crippen LogP contribution in [0.1, 0.15) is 54.1 Å². The molecular formula is C39H45N3O4. The molecule has 0 aromatic heterocycles. The molecule has 4 atom stereocenters. The Morgan fingerprint density at radius 3 is 2.13 bits per heavy atom. The smallest absolute Gasteiger partial charge is 0.217 e. The van der Waals surface area contributed by atoms with Crippen molar-refractivity contribution in [1.82, 2.24) is 15.1 Å². The van der Waals surface area contributed by atoms with Gasteiger partial charge < -0.3 is 19.9 Å². The first kappa shape index (κ1) is 32.1. The van der Waals surface area contributed by atoms with Gasteiger partial charge in [0.25, 0.3) is 0 Å². The second-order valence-corrected chi connectivity index (χ2v) is 12.6. The van der Waals surface area contributed by atoms with Crippen molar-refractivity contribution in [2.24, 2.45) is 5.92 Å². The third kappa shape index (κ3) is 7.92. The lowest BCUT2D eigenvalue weighted by Crippen LogP contribution is -2.51. The van der Waals surface area contributed by atoms with Crippen LogP contribution in [0, 0.1) is 5.92 Å². The number of hydrogen-bond donors (Lipinski definition) is 2. The van der Waals surface area contributed by atoms with Crippen molar-refractivity contribution in [3.8, 4) is 11.1 Å². The van der Waals surface area contributed by atoms with Gasteiger partial charge in [0, 0.05) is 64.2 Å². The number of nitrogens with zero attached hydrogens (tertiary/aromatic N) is 2. The predicted molar refractivity (Wildman–Crippen MR) is 181 cm³/mol. The van der Waals surface area contributed by atoms with Crippen LogP contribution < -0.4 is 5.32 Å². The molecule has 0 saturated carbocycles. The maximum atomic E-state index is 11.5. The van der Waals surface area contributed by atoms with E-state index in [0.29, 0.717) is 6.54 Å². The van der Waals surface area contributed by atoms with E-state index in [4.69, 9.17) is 9.47 Å². The van der Waals surface area contributed by atoms with Gasteiger partial charge in [0.2, 0.25) is 5.91 Å². The molecule has 46 heavy (non-hydrogen) atoms. The summed E-state index contributed by atoms with van der Waals surface area (Å²) in [6, 6.07) is 35.4. The van der Waals surface area contributed by atoms with Gasteiger partial charge >= 0.3 is 0 Å². The SMILES string of the molecule is CC(=O)NCc1ccccc1-c1ccc([C@H]2O[C@@H](CN3CCN(Cc4ccccc4)CC3)[C@@H](C)[C@@H](c3ccc(CO)cc3)O2)cc1. The molecule has 2 heterocycles. The van der Waals surface area contributed by atoms with E-state index in [-0.39, 0.29) is 30.6 Å². The summed E-state index contributed by atoms with van der Waals surface area (Å²) in [6.07, 6.45) is -0.666. The van der Waals surface area contributed by atoms with E-state index in [2.05, 4.69) is 94.8 Å². The molecule has 6 rings (SSSR count). The number of nitrogens with one attached hydrogen (secondary N) is 1. The number of amides is 1. The maximum Gasteiger partial charge on any atom is 0.217 e. The van der Waals surface area contributed by atoms with E-state index >= 15 is 0 Å². The number of ether oxygens (including phenoxy) is 2. The van der Waals surface area contributed by atoms with Crippen LogP contribution >= 0.6 is 0 Å². The fourth-order valence-electron chi connectivity index (χ4n) is 6.55. The first-order valence-electron chi connectivity index (χ1n) is 16.4. The molecular weight excluding hydrogens is 574 g/mol. The van der Waals surface area contributed by atoms with E-state index in [9.17, 15) is 9.90 Å². The molecule has 2 aliphatic heterocycles. The molecule has 2 N–H and O–H groups in total. The summed E-state index contributed by atoms with van der Waals surface area (Å²) >= 11 is 0. The minimum atomic E-state index is -0.508. The molecule has 7 heteroatoms. The summed E-state index contributed by atoms with van der Waals surface area (Å²) in [5.41, 5.74) is 7.56. The average molecular weight is 620 g/mol. The summed E-state index contributed by atoms with van der Waals surface area (Å²) in [5, 5.41) is 12.5. The van der Waals surface area contributed by atoms with Gasteiger partial charge in [-0.15, -0.1) is 0 Å². The van der Waals surface area contributed by atoms with Gasteiger partial charge in [0.1, 0.15) is 0 Å². The Hall–Kier alpha value is -3.85. The quantitative estimate of drug-likeness (QED) is 0.224. The van der Waals surface area contributed by atoms with Crippen molar-refractivity contribution in [2.45, 2.75) is 52.0 Å². The second kappa shape index (κ2) is 15.2. The highest BCUT2D eigenvalue weighted by molar-refractivity contribution is 5.74. The molecule has 0 bridgehead atoms. The number of hydrogen-bond acceptors (Lipinski definition) is 6. The fraction of sp³-hybridized carbons (Fsp3) is 0.359. The Kier molecular flexibility index (Phi) is 10.6. The number of aliphatic hydroxyl groups is 1. The molecule has 2 fully saturated rings. The summed E-state index contributed by atoms with van der Waals surface area (Å²) in [6.45, 7) is 10.2. The molecule has 7 nitrogen and oxygen atoms in total. The van der Waals surface area contributed by atoms with Crippen LogP contribution in [0.5, 0.6) is 0 Å². The molecule has 0 aliphatic carbocycles. The zero-order valence-corrected chi connectivity index (χ0v) is 26.8. The Labute approximate surface area is 272 Å². The first-order valence-corrected chi connectivity index (χ1v) is 16.4. The normalized spacial score (nSPS) is 22.4. The second-order valence-electron chi connectivity index (χ2n) is 12.6. The van der Waals surface area contributed by atoms with E-state index < -0.39 is 6.29 Å². The summed E-state index contributed by atoms with van der Waals surface area (Å²) < 4.78 is 13.5. The molecule has 2 aliphatic rings. The summed E-state index contributed by atoms with van der Waals surface area (Å²) in [7, 11) is 0. The first-order chi connectivity index (χ1) is 22.5. The Morgan fingerprint density at radius 1 is 0.783 bits per heavy atom. The van der Waals surface area contributed by atoms with Crippen LogP contribution in [0.15, 0.2) is 103 Å². The highest BCUT2D eigenvalue weighted by Crippen LogP contribution is 2.42. The maximum absolute atomic E-state index is 11.5. The molecule has 4 aromatic carbocycles. The van der Waals surface area contributed by atoms with Gasteiger partial charge in [-0.05, 0) is 33.4 Å². The predicted octanol–water partition coefficient (Wildman–Crippen LogP) is 6.09. The monoisotopic (exact) mass is 619 g/mol. The van der Waals surface area contributed by atoms with Crippen LogP contribution in [0.25, 0.3) is 11.1 Å². The number of benzene rings is 4. The largest absolute Gasteiger partial charge is 0.392 e. The Balaban J connectivity index is 1.18. The van der Waals surface area contributed by atoms with Crippen molar-refractivity contribution in [1.29, 1.82) is 0 Å². The number of aliphatic hydroxyl groups excluding tert-OH is 1. The van der Waals surface area contributed by atoms with E-state index in [1.807, 2.05) is 30.3 Å². The third-order valence-electron chi connectivity index (χ3n) is 9.31. The zero-order chi connectivity index (χ0) is 31.9. The molecule has 1 amide bonds. The lowest BCUT2D eigenvalue weighted by molar-refractivity contribution is -0.276. The van der Waals surface area contributed by atoms with Crippen LogP contribution in [0.4, 0.5) is 0 Å². The van der Waals surface area contributed by atoms with Gasteiger partial charge in [0.15, 0.2) is 6.29 Å². The minimum absolute atomic E-state index is 0.0139. The van der Waals surface area contributed by atoms with Crippen LogP contribution in [0.2, 0.25) is 0 Å². The summed E-state index contributed by atoms with van der Waals surface area (Å²) in [4.78, 5) is 16.6. The van der Waals surface area contributed by atoms with E-state index in [0.717, 1.165) is 72.6 Å². The van der Waals surface area contributed by atoms with Crippen molar-refractivity contribution >= 4 is 5.91 Å². The van der Waals surface area contributed by atoms with Gasteiger partial charge in [-0.3, -0.25) is 14.6 Å². The topological polar surface area (TPSA) is 74.3 Å². The minimum Gasteiger partial charge on any atom is -0.392 e. The van der Waals surface area contributed by atoms with Gasteiger partial charge in [-0.1, -0.05) is 110 Å². The van der Waals surface area contributed by atoms with Crippen molar-refractivity contribution in [3.05, 3.63) is 131 Å². The standard InChI is InChI=1S/C39H45N3O4/c1-28-37(26-42-22-20-41(21-23-42)25-30-8-4-3-5-9-30)45-39(46-38(28)33-14-12-31(27-43)13-15-33)34-18-16-32(17-19-34)36-11-7-6-10-35(36)24-40-29(2)44/h3-19,28,37-39,43H,20-27H2,1-2H3,(H,40,44)/t28-,37+,38+,39+/m1/s1. The lowest BCUT2D eigenvalue weighted by atomic mass is 9.89. The van der Waals surface area contributed by atoms with E-state index in [1.165, 1.54) is 12.5 Å². The van der Waals surface area contributed by atoms with Crippen LogP contribution in [0.3, 0.4) is 0 Å². The summed E-state index contributed by atoms with van der Waals surface area (Å²) in [5.74, 6) is 0.0913. The van der Waals surface area contributed by atoms with E-state index in [1.54, 1.807) is 0 Å². The molecule has 0 radical (unpaired) electrons. The highest BCUT2D eigenvalue weighted by atomic mass is 16.7. The van der Waals surface area contributed by atoms with Crippen molar-refractivity contribution in [3.63, 3.8) is 0 Å². The zero-order valence-electron chi connectivity index (χ0n) is 26.8. The van der Waals surface area contributed by atoms with Gasteiger partial charge in [0.05, 0.1) is 18.8 Å². The molecule has 0 unspecified atom stereocenters. The average Bonchev–Trinajstić information content (AvgIpc) is 3.10. The molecule has 240 valence electrons. The number of carbonyl (C=O) groups excluding carboxylic acids is 1. The Morgan fingerprint density at radius 2 is 1.43 bits per heavy atom. The molecule has 0 spiro atoms. The Bertz CT molecular complexity index is 1550. The van der Waals surface area contributed by atoms with Crippen LogP contribution in [-0.2, 0) is 34.0 Å². The van der Waals surface area contributed by atoms with Crippen molar-refractivity contribution < 1.29 is 19.4 Å². The number of carbonyl (C=O) groups is 1. The highest BCUT2D eigenvalue weighted by Gasteiger charge is 2.39. The van der Waals surface area contributed by atoms with Gasteiger partial charge in [-0.25, -0.2) is 0 Å².